The molecule has 0 nitrogen and oxygen atoms in total. The highest BCUT2D eigenvalue weighted by Gasteiger charge is 2.66. The Morgan fingerprint density at radius 2 is 0.661 bits per heavy atom. The molecule has 18 atom stereocenters. The first-order valence-electron chi connectivity index (χ1n) is 44.7. The van der Waals surface area contributed by atoms with Crippen LogP contribution in [0, 0.1) is 134 Å². The lowest BCUT2D eigenvalue weighted by Gasteiger charge is -2.32. The largest absolute Gasteiger partial charge is 0.402 e. The first kappa shape index (κ1) is 140. The topological polar surface area (TPSA) is 0 Å². The van der Waals surface area contributed by atoms with E-state index in [-0.39, 0.29) is 44.2 Å². The van der Waals surface area contributed by atoms with Crippen molar-refractivity contribution in [1.82, 2.24) is 0 Å². The van der Waals surface area contributed by atoms with E-state index in [2.05, 4.69) is 125 Å². The first-order chi connectivity index (χ1) is 53.9. The maximum absolute atomic E-state index is 12.7. The molecule has 15 unspecified atom stereocenters. The summed E-state index contributed by atoms with van der Waals surface area (Å²) in [4.78, 5) is 0. The highest BCUT2D eigenvalue weighted by atomic mass is 19.4. The van der Waals surface area contributed by atoms with Crippen molar-refractivity contribution in [3.05, 3.63) is 0 Å². The summed E-state index contributed by atoms with van der Waals surface area (Å²) >= 11 is 0. The van der Waals surface area contributed by atoms with E-state index in [9.17, 15) is 123 Å². The van der Waals surface area contributed by atoms with E-state index >= 15 is 0 Å². The SMILES string of the molecule is CC1C(C(F)(F)F)C(C)[C@@H](C)C1C(F)(F)F.CC1C(F)C(F)[C@@H](C)C1F.CC1CCC(C)C1C.CC1C[C@H](C)CC1C(F)(F)F.CCC(C)(C(F)(F)F)C(F)(F)F.CCC(C)(C)C.CCC(C)(C)C(F)(F)F.CCC(C)C(F)F.CCC(F)(F)C(C)C.CCCC(C)(C)C.CCCC(C)C.CCCC(C)C.CCCC(C)C(F)F.CCCC(C)CF. The third-order valence-electron chi connectivity index (χ3n) is 23.6. The van der Waals surface area contributed by atoms with Crippen molar-refractivity contribution >= 4 is 0 Å². The fourth-order valence-corrected chi connectivity index (χ4v) is 12.5. The average molecular weight is 1830 g/mol. The normalized spacial score (nSPS) is 25.1. The van der Waals surface area contributed by atoms with E-state index in [4.69, 9.17) is 0 Å². The second kappa shape index (κ2) is 66.4. The highest BCUT2D eigenvalue weighted by molar-refractivity contribution is 4.98. The van der Waals surface area contributed by atoms with E-state index in [1.165, 1.54) is 127 Å². The zero-order valence-electron chi connectivity index (χ0n) is 82.1. The molecule has 746 valence electrons. The summed E-state index contributed by atoms with van der Waals surface area (Å²) in [6, 6.07) is 0. The molecule has 0 aromatic rings. The van der Waals surface area contributed by atoms with Crippen molar-refractivity contribution in [2.45, 2.75) is 459 Å². The van der Waals surface area contributed by atoms with Crippen LogP contribution in [-0.4, -0.2) is 81.0 Å². The Morgan fingerprint density at radius 1 is 0.331 bits per heavy atom. The number of halogens is 28. The van der Waals surface area contributed by atoms with Crippen molar-refractivity contribution in [3.63, 3.8) is 0 Å². The Balaban J connectivity index is -0.000000138. The molecule has 0 amide bonds. The predicted molar refractivity (Wildman–Crippen MR) is 453 cm³/mol. The van der Waals surface area contributed by atoms with Crippen LogP contribution in [0.25, 0.3) is 0 Å². The van der Waals surface area contributed by atoms with Gasteiger partial charge in [-0.15, -0.1) is 0 Å². The summed E-state index contributed by atoms with van der Waals surface area (Å²) in [5, 5.41) is 0. The molecule has 0 N–H and O–H groups in total. The smallest absolute Gasteiger partial charge is 0.251 e. The van der Waals surface area contributed by atoms with Gasteiger partial charge in [0.05, 0.1) is 29.8 Å². The van der Waals surface area contributed by atoms with Gasteiger partial charge in [0, 0.05) is 36.0 Å². The molecule has 0 spiro atoms. The number of rotatable bonds is 17. The Bertz CT molecular complexity index is 2200. The number of hydrogen-bond donors (Lipinski definition) is 0. The second-order valence-corrected chi connectivity index (χ2v) is 39.0. The third-order valence-corrected chi connectivity index (χ3v) is 23.6. The molecule has 4 saturated carbocycles. The van der Waals surface area contributed by atoms with Gasteiger partial charge in [0.2, 0.25) is 18.8 Å². The van der Waals surface area contributed by atoms with Gasteiger partial charge >= 0.3 is 37.1 Å². The van der Waals surface area contributed by atoms with Crippen molar-refractivity contribution < 1.29 is 123 Å². The van der Waals surface area contributed by atoms with Crippen LogP contribution in [0.5, 0.6) is 0 Å². The van der Waals surface area contributed by atoms with Gasteiger partial charge < -0.3 is 0 Å². The molecule has 0 aromatic carbocycles. The van der Waals surface area contributed by atoms with E-state index in [1.54, 1.807) is 27.7 Å². The van der Waals surface area contributed by atoms with Crippen molar-refractivity contribution in [1.29, 1.82) is 0 Å². The second-order valence-electron chi connectivity index (χ2n) is 39.0. The van der Waals surface area contributed by atoms with Crippen molar-refractivity contribution in [2.75, 3.05) is 6.67 Å². The monoisotopic (exact) mass is 1830 g/mol. The molecule has 0 aliphatic heterocycles. The van der Waals surface area contributed by atoms with E-state index in [1.807, 2.05) is 20.8 Å². The van der Waals surface area contributed by atoms with Gasteiger partial charge in [-0.1, -0.05) is 320 Å². The maximum Gasteiger partial charge on any atom is 0.402 e. The van der Waals surface area contributed by atoms with Gasteiger partial charge in [-0.05, 0) is 134 Å². The number of hydrogen-bond acceptors (Lipinski definition) is 0. The summed E-state index contributed by atoms with van der Waals surface area (Å²) in [6.07, 6.45) is -19.8. The fraction of sp³-hybridized carbons (Fsp3) is 1.00. The number of alkyl halides is 28. The molecule has 28 heteroatoms. The molecule has 121 heavy (non-hydrogen) atoms. The van der Waals surface area contributed by atoms with Gasteiger partial charge in [0.25, 0.3) is 0 Å². The van der Waals surface area contributed by atoms with Crippen LogP contribution in [0.1, 0.15) is 385 Å². The van der Waals surface area contributed by atoms with Crippen molar-refractivity contribution in [3.8, 4) is 0 Å². The highest BCUT2D eigenvalue weighted by Crippen LogP contribution is 2.57. The first-order valence-corrected chi connectivity index (χ1v) is 44.7. The standard InChI is InChI=1S/C10H14F6.C8H13F3.C8H16.C7H11F3.C7H16.C6H8F6.C6H11F3.2C6H12F2.C6H13F.3C6H14.C5H10F2/c1-4-5(2)8(10(14,15)16)6(3)7(4)9(11,12)13;1-5-3-6(2)7(4-5)8(9,10)11;1-6-4-5-7(2)8(6)3;1-3-5(8)4(2)7(10)6(3)9;1-5-6-7(2,3)4;1-3-4(2,5(7,8)9)6(10,11)12;1-4-5(2,3)6(7,8)9;1-4-6(7,8)5(2)3;1-3-4-5(2)6(7)8;1-3-4-6(2)5-7;1-5-6(2,3)4;2*1-4-5-6(2)3;1-3-4(2)5(6)7/h4-8H,1-3H3;5-7H,3-4H2,1-2H3;6-8H,4-5H2,1-3H3;3-7H,1-2H3;5-6H2,1-4H3;3H2,1-2H3;4H2,1-3H3;5H,4H2,1-3H3;5-6H,3-4H2,1-2H3;6H,3-5H2,1-2H3;5H2,1-4H3;2*6H,4-5H2,1-3H3;4-5H,3H2,1-2H3/t4-,5?,6?,7?,8?;5-,6?,7?;;3-,4?,5?,6?,7?;;;;;;;;;;/m10.0........../s1. The average Bonchev–Trinajstić information content (AvgIpc) is 1.70. The van der Waals surface area contributed by atoms with Gasteiger partial charge in [0.1, 0.15) is 18.5 Å². The fourth-order valence-electron chi connectivity index (χ4n) is 12.5. The van der Waals surface area contributed by atoms with Gasteiger partial charge in [-0.25, -0.2) is 39.5 Å². The molecule has 4 rings (SSSR count). The Morgan fingerprint density at radius 3 is 0.727 bits per heavy atom. The van der Waals surface area contributed by atoms with E-state index < -0.39 is 157 Å². The van der Waals surface area contributed by atoms with Crippen LogP contribution < -0.4 is 0 Å². The third kappa shape index (κ3) is 67.0. The summed E-state index contributed by atoms with van der Waals surface area (Å²) < 4.78 is 339. The molecule has 0 heterocycles. The molecule has 0 radical (unpaired) electrons. The van der Waals surface area contributed by atoms with Crippen molar-refractivity contribution in [2.24, 2.45) is 134 Å². The zero-order valence-corrected chi connectivity index (χ0v) is 82.1. The summed E-state index contributed by atoms with van der Waals surface area (Å²) in [5.74, 6) is -8.38. The van der Waals surface area contributed by atoms with Crippen LogP contribution in [-0.2, 0) is 0 Å². The molecule has 0 saturated heterocycles. The minimum Gasteiger partial charge on any atom is -0.251 e. The van der Waals surface area contributed by atoms with Crippen LogP contribution in [0.2, 0.25) is 0 Å². The summed E-state index contributed by atoms with van der Waals surface area (Å²) in [5.41, 5.74) is -4.01. The zero-order chi connectivity index (χ0) is 99.5. The quantitative estimate of drug-likeness (QED) is 0.127. The van der Waals surface area contributed by atoms with Crippen LogP contribution in [0.15, 0.2) is 0 Å². The Hall–Kier alpha value is -1.96. The lowest BCUT2D eigenvalue weighted by molar-refractivity contribution is -0.335. The lowest BCUT2D eigenvalue weighted by atomic mass is 9.86. The molecule has 0 aromatic heterocycles. The predicted octanol–water partition coefficient (Wildman–Crippen LogP) is 39.2. The minimum atomic E-state index is -5.24. The molecule has 4 aliphatic rings. The molecule has 4 fully saturated rings. The molecular formula is C93H178F28. The van der Waals surface area contributed by atoms with Crippen LogP contribution >= 0.6 is 0 Å². The van der Waals surface area contributed by atoms with E-state index in [0.717, 1.165) is 69.1 Å². The molecular weight excluding hydrogens is 1650 g/mol. The Kier molecular flexibility index (Phi) is 76.6. The summed E-state index contributed by atoms with van der Waals surface area (Å²) in [6.45, 7) is 68.7. The molecule has 0 bridgehead atoms. The summed E-state index contributed by atoms with van der Waals surface area (Å²) in [7, 11) is 0. The van der Waals surface area contributed by atoms with Gasteiger partial charge in [-0.3, -0.25) is 4.39 Å². The van der Waals surface area contributed by atoms with Crippen LogP contribution in [0.3, 0.4) is 0 Å². The van der Waals surface area contributed by atoms with Gasteiger partial charge in [0.15, 0.2) is 5.41 Å². The molecule has 4 aliphatic carbocycles. The Labute approximate surface area is 720 Å². The maximum atomic E-state index is 12.7. The minimum absolute atomic E-state index is 0.0509. The van der Waals surface area contributed by atoms with Gasteiger partial charge in [-0.2, -0.15) is 79.0 Å². The van der Waals surface area contributed by atoms with E-state index in [0.29, 0.717) is 30.1 Å². The lowest BCUT2D eigenvalue weighted by Crippen LogP contribution is -2.47. The van der Waals surface area contributed by atoms with Crippen LogP contribution in [0.4, 0.5) is 123 Å².